The number of hydrogen-bond donors (Lipinski definition) is 0. The van der Waals surface area contributed by atoms with Crippen LogP contribution in [-0.4, -0.2) is 25.2 Å². The number of rotatable bonds is 31. The van der Waals surface area contributed by atoms with Crippen LogP contribution in [0.3, 0.4) is 0 Å². The quantitative estimate of drug-likeness (QED) is 0.0468. The summed E-state index contributed by atoms with van der Waals surface area (Å²) in [6.07, 6.45) is 40.1. The molecule has 0 rings (SSSR count). The van der Waals surface area contributed by atoms with E-state index in [2.05, 4.69) is 42.9 Å². The van der Waals surface area contributed by atoms with Gasteiger partial charge in [0.1, 0.15) is 6.10 Å². The zero-order valence-electron chi connectivity index (χ0n) is 27.6. The number of unbranched alkanes of at least 4 members (excludes halogenated alkanes) is 19. The third-order valence-corrected chi connectivity index (χ3v) is 7.87. The normalized spacial score (nSPS) is 12.4. The highest BCUT2D eigenvalue weighted by atomic mass is 16.5. The standard InChI is InChI=1S/C37H68O4/c1-4-6-8-10-11-12-13-14-15-16-17-18-23-26-30-34-37(39)41-35(31-27-9-7-5-2)32-28-24-21-19-20-22-25-29-33-36(38)40-3/h14-15,24,28,35H,4-13,16-23,25-27,29-34H2,1-3H3/b15-14-,28-24-. The molecule has 41 heavy (non-hydrogen) atoms. The van der Waals surface area contributed by atoms with Crippen molar-refractivity contribution in [3.8, 4) is 0 Å². The third-order valence-electron chi connectivity index (χ3n) is 7.87. The van der Waals surface area contributed by atoms with E-state index in [0.29, 0.717) is 12.8 Å². The summed E-state index contributed by atoms with van der Waals surface area (Å²) in [5.74, 6) is -0.117. The maximum Gasteiger partial charge on any atom is 0.306 e. The van der Waals surface area contributed by atoms with Gasteiger partial charge in [0, 0.05) is 19.3 Å². The molecule has 0 fully saturated rings. The monoisotopic (exact) mass is 577 g/mol. The minimum absolute atomic E-state index is 0.0107. The van der Waals surface area contributed by atoms with Gasteiger partial charge in [0.2, 0.25) is 0 Å². The first kappa shape index (κ1) is 39.4. The van der Waals surface area contributed by atoms with E-state index in [9.17, 15) is 9.59 Å². The van der Waals surface area contributed by atoms with Gasteiger partial charge in [-0.3, -0.25) is 9.59 Å². The van der Waals surface area contributed by atoms with Crippen LogP contribution in [0.15, 0.2) is 24.3 Å². The second-order valence-corrected chi connectivity index (χ2v) is 11.9. The summed E-state index contributed by atoms with van der Waals surface area (Å²) in [7, 11) is 1.45. The highest BCUT2D eigenvalue weighted by Gasteiger charge is 2.13. The molecule has 4 nitrogen and oxygen atoms in total. The fourth-order valence-electron chi connectivity index (χ4n) is 5.14. The minimum Gasteiger partial charge on any atom is -0.469 e. The van der Waals surface area contributed by atoms with Crippen LogP contribution in [0.1, 0.15) is 187 Å². The maximum absolute atomic E-state index is 12.5. The summed E-state index contributed by atoms with van der Waals surface area (Å²) in [5.41, 5.74) is 0. The molecule has 0 radical (unpaired) electrons. The number of carbonyl (C=O) groups is 2. The Bertz CT molecular complexity index is 624. The van der Waals surface area contributed by atoms with Crippen molar-refractivity contribution < 1.29 is 19.1 Å². The van der Waals surface area contributed by atoms with Gasteiger partial charge in [-0.15, -0.1) is 0 Å². The molecule has 1 atom stereocenters. The fraction of sp³-hybridized carbons (Fsp3) is 0.838. The molecule has 0 bridgehead atoms. The molecule has 0 spiro atoms. The molecule has 240 valence electrons. The van der Waals surface area contributed by atoms with Gasteiger partial charge in [0.15, 0.2) is 0 Å². The number of hydrogen-bond acceptors (Lipinski definition) is 4. The second kappa shape index (κ2) is 32.9. The van der Waals surface area contributed by atoms with Crippen molar-refractivity contribution >= 4 is 11.9 Å². The summed E-state index contributed by atoms with van der Waals surface area (Å²) in [5, 5.41) is 0. The number of carbonyl (C=O) groups excluding carboxylic acids is 2. The van der Waals surface area contributed by atoms with Gasteiger partial charge in [-0.1, -0.05) is 128 Å². The molecule has 0 saturated carbocycles. The van der Waals surface area contributed by atoms with Crippen molar-refractivity contribution in [3.05, 3.63) is 24.3 Å². The summed E-state index contributed by atoms with van der Waals surface area (Å²) in [6, 6.07) is 0. The number of methoxy groups -OCH3 is 1. The fourth-order valence-corrected chi connectivity index (χ4v) is 5.14. The van der Waals surface area contributed by atoms with Gasteiger partial charge < -0.3 is 9.47 Å². The first-order valence-corrected chi connectivity index (χ1v) is 17.7. The summed E-state index contributed by atoms with van der Waals surface area (Å²) >= 11 is 0. The van der Waals surface area contributed by atoms with Crippen LogP contribution >= 0.6 is 0 Å². The van der Waals surface area contributed by atoms with Crippen LogP contribution in [0.4, 0.5) is 0 Å². The van der Waals surface area contributed by atoms with Gasteiger partial charge in [0.05, 0.1) is 7.11 Å². The van der Waals surface area contributed by atoms with Crippen LogP contribution in [0, 0.1) is 0 Å². The largest absolute Gasteiger partial charge is 0.469 e. The predicted molar refractivity (Wildman–Crippen MR) is 176 cm³/mol. The van der Waals surface area contributed by atoms with Crippen LogP contribution in [-0.2, 0) is 19.1 Å². The number of esters is 2. The van der Waals surface area contributed by atoms with E-state index in [-0.39, 0.29) is 18.0 Å². The van der Waals surface area contributed by atoms with Gasteiger partial charge in [0.25, 0.3) is 0 Å². The van der Waals surface area contributed by atoms with E-state index >= 15 is 0 Å². The lowest BCUT2D eigenvalue weighted by Crippen LogP contribution is -2.17. The second-order valence-electron chi connectivity index (χ2n) is 11.9. The lowest BCUT2D eigenvalue weighted by Gasteiger charge is -2.16. The predicted octanol–water partition coefficient (Wildman–Crippen LogP) is 11.8. The van der Waals surface area contributed by atoms with Crippen LogP contribution in [0.25, 0.3) is 0 Å². The minimum atomic E-state index is -0.106. The average molecular weight is 577 g/mol. The Morgan fingerprint density at radius 2 is 0.927 bits per heavy atom. The Morgan fingerprint density at radius 3 is 1.44 bits per heavy atom. The van der Waals surface area contributed by atoms with Gasteiger partial charge in [-0.25, -0.2) is 0 Å². The molecule has 0 aromatic carbocycles. The zero-order chi connectivity index (χ0) is 30.1. The van der Waals surface area contributed by atoms with Crippen LogP contribution < -0.4 is 0 Å². The van der Waals surface area contributed by atoms with Gasteiger partial charge in [-0.05, 0) is 64.2 Å². The van der Waals surface area contributed by atoms with E-state index in [1.807, 2.05) is 0 Å². The molecule has 0 N–H and O–H groups in total. The number of allylic oxidation sites excluding steroid dienone is 3. The molecule has 0 amide bonds. The van der Waals surface area contributed by atoms with E-state index in [4.69, 9.17) is 4.74 Å². The maximum atomic E-state index is 12.5. The first-order chi connectivity index (χ1) is 20.1. The van der Waals surface area contributed by atoms with E-state index in [1.165, 1.54) is 116 Å². The molecule has 0 aliphatic rings. The van der Waals surface area contributed by atoms with Crippen molar-refractivity contribution in [2.75, 3.05) is 7.11 Å². The summed E-state index contributed by atoms with van der Waals surface area (Å²) < 4.78 is 10.6. The molecule has 0 aliphatic carbocycles. The van der Waals surface area contributed by atoms with Crippen molar-refractivity contribution in [1.29, 1.82) is 0 Å². The molecule has 0 heterocycles. The first-order valence-electron chi connectivity index (χ1n) is 17.7. The average Bonchev–Trinajstić information content (AvgIpc) is 2.97. The third kappa shape index (κ3) is 31.2. The van der Waals surface area contributed by atoms with Crippen molar-refractivity contribution in [2.45, 2.75) is 193 Å². The lowest BCUT2D eigenvalue weighted by molar-refractivity contribution is -0.149. The molecular formula is C37H68O4. The van der Waals surface area contributed by atoms with Crippen molar-refractivity contribution in [2.24, 2.45) is 0 Å². The highest BCUT2D eigenvalue weighted by Crippen LogP contribution is 2.16. The van der Waals surface area contributed by atoms with E-state index < -0.39 is 0 Å². The number of ether oxygens (including phenoxy) is 2. The zero-order valence-corrected chi connectivity index (χ0v) is 27.6. The van der Waals surface area contributed by atoms with Gasteiger partial charge >= 0.3 is 11.9 Å². The summed E-state index contributed by atoms with van der Waals surface area (Å²) in [4.78, 5) is 23.7. The Hall–Kier alpha value is -1.58. The van der Waals surface area contributed by atoms with Crippen molar-refractivity contribution in [1.82, 2.24) is 0 Å². The molecule has 1 unspecified atom stereocenters. The topological polar surface area (TPSA) is 52.6 Å². The molecule has 0 aromatic heterocycles. The highest BCUT2D eigenvalue weighted by molar-refractivity contribution is 5.69. The lowest BCUT2D eigenvalue weighted by atomic mass is 10.1. The van der Waals surface area contributed by atoms with Crippen LogP contribution in [0.2, 0.25) is 0 Å². The Morgan fingerprint density at radius 1 is 0.512 bits per heavy atom. The van der Waals surface area contributed by atoms with Gasteiger partial charge in [-0.2, -0.15) is 0 Å². The SMILES string of the molecule is CCCCCCCC/C=C\CCCCCCCC(=O)OC(C/C=C\CCCCCCCC(=O)OC)CCCCCC. The van der Waals surface area contributed by atoms with E-state index in [1.54, 1.807) is 0 Å². The molecule has 4 heteroatoms. The Balaban J connectivity index is 3.92. The van der Waals surface area contributed by atoms with E-state index in [0.717, 1.165) is 51.4 Å². The summed E-state index contributed by atoms with van der Waals surface area (Å²) in [6.45, 7) is 4.50. The Labute approximate surface area is 255 Å². The molecule has 0 saturated heterocycles. The molecular weight excluding hydrogens is 508 g/mol. The molecule has 0 aliphatic heterocycles. The van der Waals surface area contributed by atoms with Crippen LogP contribution in [0.5, 0.6) is 0 Å². The Kier molecular flexibility index (Phi) is 31.7. The smallest absolute Gasteiger partial charge is 0.306 e. The molecule has 0 aromatic rings. The van der Waals surface area contributed by atoms with Crippen molar-refractivity contribution in [3.63, 3.8) is 0 Å².